The molecule has 1 fully saturated rings. The Morgan fingerprint density at radius 1 is 1.33 bits per heavy atom. The van der Waals surface area contributed by atoms with Crippen LogP contribution in [0.25, 0.3) is 0 Å². The number of hydrogen-bond donors (Lipinski definition) is 1. The molecular formula is C18H24N4OS. The minimum absolute atomic E-state index is 0.144. The maximum atomic E-state index is 12.4. The molecule has 128 valence electrons. The lowest BCUT2D eigenvalue weighted by molar-refractivity contribution is 0.102. The first-order chi connectivity index (χ1) is 11.6. The third kappa shape index (κ3) is 4.63. The highest BCUT2D eigenvalue weighted by Gasteiger charge is 2.14. The molecule has 1 saturated heterocycles. The van der Waals surface area contributed by atoms with Crippen LogP contribution in [-0.4, -0.2) is 47.9 Å². The lowest BCUT2D eigenvalue weighted by atomic mass is 10.2. The topological polar surface area (TPSA) is 48.5 Å². The number of rotatable bonds is 6. The van der Waals surface area contributed by atoms with Gasteiger partial charge in [-0.2, -0.15) is 0 Å². The summed E-state index contributed by atoms with van der Waals surface area (Å²) in [7, 11) is 3.99. The van der Waals surface area contributed by atoms with Crippen molar-refractivity contribution < 1.29 is 4.79 Å². The van der Waals surface area contributed by atoms with Crippen LogP contribution in [0.3, 0.4) is 0 Å². The second kappa shape index (κ2) is 7.88. The molecule has 1 aromatic heterocycles. The molecule has 1 aliphatic heterocycles. The highest BCUT2D eigenvalue weighted by atomic mass is 32.1. The zero-order valence-corrected chi connectivity index (χ0v) is 15.1. The lowest BCUT2D eigenvalue weighted by Gasteiger charge is -2.15. The summed E-state index contributed by atoms with van der Waals surface area (Å²) in [6.07, 6.45) is 2.57. The molecule has 24 heavy (non-hydrogen) atoms. The van der Waals surface area contributed by atoms with E-state index < -0.39 is 0 Å². The molecule has 1 amide bonds. The number of likely N-dealkylation sites (tertiary alicyclic amines) is 1. The zero-order chi connectivity index (χ0) is 16.9. The lowest BCUT2D eigenvalue weighted by Crippen LogP contribution is -2.18. The van der Waals surface area contributed by atoms with Crippen LogP contribution in [0.15, 0.2) is 29.6 Å². The number of thiazole rings is 1. The molecule has 5 nitrogen and oxygen atoms in total. The molecule has 0 spiro atoms. The monoisotopic (exact) mass is 344 g/mol. The number of nitrogens with one attached hydrogen (secondary N) is 1. The van der Waals surface area contributed by atoms with Crippen molar-refractivity contribution in [3.05, 3.63) is 45.9 Å². The molecule has 1 aliphatic rings. The van der Waals surface area contributed by atoms with Crippen LogP contribution in [0.4, 0.5) is 5.69 Å². The third-order valence-corrected chi connectivity index (χ3v) is 4.86. The van der Waals surface area contributed by atoms with Gasteiger partial charge in [0.25, 0.3) is 5.91 Å². The Morgan fingerprint density at radius 2 is 2.12 bits per heavy atom. The number of aromatic nitrogens is 1. The van der Waals surface area contributed by atoms with Gasteiger partial charge in [-0.1, -0.05) is 12.1 Å². The van der Waals surface area contributed by atoms with Gasteiger partial charge in [0.2, 0.25) is 0 Å². The highest BCUT2D eigenvalue weighted by Crippen LogP contribution is 2.18. The summed E-state index contributed by atoms with van der Waals surface area (Å²) in [4.78, 5) is 21.3. The maximum Gasteiger partial charge on any atom is 0.275 e. The van der Waals surface area contributed by atoms with Crippen molar-refractivity contribution in [3.8, 4) is 0 Å². The standard InChI is InChI=1S/C18H24N4OS/c1-21(2)12-17-20-16(13-24-17)18(23)19-15-7-5-6-14(10-15)11-22-8-3-4-9-22/h5-7,10,13H,3-4,8-9,11-12H2,1-2H3,(H,19,23). The predicted molar refractivity (Wildman–Crippen MR) is 98.4 cm³/mol. The van der Waals surface area contributed by atoms with Crippen molar-refractivity contribution in [2.24, 2.45) is 0 Å². The van der Waals surface area contributed by atoms with Gasteiger partial charge in [-0.25, -0.2) is 4.98 Å². The van der Waals surface area contributed by atoms with Crippen LogP contribution in [0.1, 0.15) is 33.9 Å². The summed E-state index contributed by atoms with van der Waals surface area (Å²) in [6.45, 7) is 4.05. The van der Waals surface area contributed by atoms with Crippen molar-refractivity contribution in [3.63, 3.8) is 0 Å². The van der Waals surface area contributed by atoms with E-state index in [1.807, 2.05) is 36.5 Å². The van der Waals surface area contributed by atoms with Crippen LogP contribution in [0, 0.1) is 0 Å². The van der Waals surface area contributed by atoms with Crippen molar-refractivity contribution in [1.29, 1.82) is 0 Å². The Hall–Kier alpha value is -1.76. The van der Waals surface area contributed by atoms with E-state index >= 15 is 0 Å². The van der Waals surface area contributed by atoms with Crippen LogP contribution in [0.5, 0.6) is 0 Å². The van der Waals surface area contributed by atoms with E-state index in [4.69, 9.17) is 0 Å². The first kappa shape index (κ1) is 17.1. The highest BCUT2D eigenvalue weighted by molar-refractivity contribution is 7.09. The quantitative estimate of drug-likeness (QED) is 0.875. The molecule has 1 N–H and O–H groups in total. The normalized spacial score (nSPS) is 15.1. The first-order valence-corrected chi connectivity index (χ1v) is 9.20. The van der Waals surface area contributed by atoms with E-state index in [0.717, 1.165) is 23.8 Å². The minimum Gasteiger partial charge on any atom is -0.321 e. The number of carbonyl (C=O) groups excluding carboxylic acids is 1. The number of amides is 1. The van der Waals surface area contributed by atoms with Crippen LogP contribution < -0.4 is 5.32 Å². The summed E-state index contributed by atoms with van der Waals surface area (Å²) in [5, 5.41) is 5.74. The molecular weight excluding hydrogens is 320 g/mol. The van der Waals surface area contributed by atoms with Gasteiger partial charge in [0.15, 0.2) is 0 Å². The zero-order valence-electron chi connectivity index (χ0n) is 14.3. The van der Waals surface area contributed by atoms with E-state index in [1.54, 1.807) is 0 Å². The minimum atomic E-state index is -0.144. The van der Waals surface area contributed by atoms with E-state index in [2.05, 4.69) is 27.3 Å². The fourth-order valence-electron chi connectivity index (χ4n) is 2.90. The van der Waals surface area contributed by atoms with Crippen LogP contribution in [0.2, 0.25) is 0 Å². The number of benzene rings is 1. The second-order valence-corrected chi connectivity index (χ2v) is 7.44. The van der Waals surface area contributed by atoms with Crippen LogP contribution >= 0.6 is 11.3 Å². The van der Waals surface area contributed by atoms with Crippen LogP contribution in [-0.2, 0) is 13.1 Å². The second-order valence-electron chi connectivity index (χ2n) is 6.50. The molecule has 2 aromatic rings. The Kier molecular flexibility index (Phi) is 5.60. The summed E-state index contributed by atoms with van der Waals surface area (Å²) >= 11 is 1.52. The molecule has 0 radical (unpaired) electrons. The van der Waals surface area contributed by atoms with E-state index in [0.29, 0.717) is 5.69 Å². The molecule has 0 unspecified atom stereocenters. The Morgan fingerprint density at radius 3 is 2.88 bits per heavy atom. The number of nitrogens with zero attached hydrogens (tertiary/aromatic N) is 3. The molecule has 0 atom stereocenters. The molecule has 0 bridgehead atoms. The third-order valence-electron chi connectivity index (χ3n) is 4.03. The molecule has 0 aliphatic carbocycles. The summed E-state index contributed by atoms with van der Waals surface area (Å²) in [5.41, 5.74) is 2.56. The van der Waals surface area contributed by atoms with Gasteiger partial charge in [-0.15, -0.1) is 11.3 Å². The van der Waals surface area contributed by atoms with Gasteiger partial charge in [-0.3, -0.25) is 9.69 Å². The maximum absolute atomic E-state index is 12.4. The van der Waals surface area contributed by atoms with E-state index in [9.17, 15) is 4.79 Å². The van der Waals surface area contributed by atoms with E-state index in [1.165, 1.54) is 42.8 Å². The van der Waals surface area contributed by atoms with Crippen molar-refractivity contribution >= 4 is 22.9 Å². The summed E-state index contributed by atoms with van der Waals surface area (Å²) in [6, 6.07) is 8.10. The van der Waals surface area contributed by atoms with Gasteiger partial charge >= 0.3 is 0 Å². The van der Waals surface area contributed by atoms with Gasteiger partial charge in [0.1, 0.15) is 10.7 Å². The van der Waals surface area contributed by atoms with Crippen molar-refractivity contribution in [2.45, 2.75) is 25.9 Å². The van der Waals surface area contributed by atoms with Gasteiger partial charge < -0.3 is 10.2 Å². The van der Waals surface area contributed by atoms with E-state index in [-0.39, 0.29) is 5.91 Å². The molecule has 6 heteroatoms. The van der Waals surface area contributed by atoms with Gasteiger partial charge in [0.05, 0.1) is 0 Å². The fraction of sp³-hybridized carbons (Fsp3) is 0.444. The SMILES string of the molecule is CN(C)Cc1nc(C(=O)Nc2cccc(CN3CCCC3)c2)cs1. The number of carbonyl (C=O) groups is 1. The fourth-order valence-corrected chi connectivity index (χ4v) is 3.79. The van der Waals surface area contributed by atoms with Crippen molar-refractivity contribution in [2.75, 3.05) is 32.5 Å². The molecule has 0 saturated carbocycles. The average Bonchev–Trinajstić information content (AvgIpc) is 3.19. The smallest absolute Gasteiger partial charge is 0.275 e. The first-order valence-electron chi connectivity index (χ1n) is 8.32. The molecule has 3 rings (SSSR count). The van der Waals surface area contributed by atoms with Crippen molar-refractivity contribution in [1.82, 2.24) is 14.8 Å². The Labute approximate surface area is 147 Å². The number of anilines is 1. The van der Waals surface area contributed by atoms with Gasteiger partial charge in [0, 0.05) is 24.2 Å². The Bertz CT molecular complexity index is 692. The largest absolute Gasteiger partial charge is 0.321 e. The average molecular weight is 344 g/mol. The molecule has 1 aromatic carbocycles. The Balaban J connectivity index is 1.62. The summed E-state index contributed by atoms with van der Waals surface area (Å²) < 4.78 is 0. The number of hydrogen-bond acceptors (Lipinski definition) is 5. The van der Waals surface area contributed by atoms with Gasteiger partial charge in [-0.05, 0) is 57.7 Å². The summed E-state index contributed by atoms with van der Waals surface area (Å²) in [5.74, 6) is -0.144. The predicted octanol–water partition coefficient (Wildman–Crippen LogP) is 3.05. The molecule has 2 heterocycles.